The van der Waals surface area contributed by atoms with Gasteiger partial charge in [0, 0.05) is 31.2 Å². The van der Waals surface area contributed by atoms with Gasteiger partial charge in [-0.1, -0.05) is 6.92 Å². The Balaban J connectivity index is 2.60. The summed E-state index contributed by atoms with van der Waals surface area (Å²) in [7, 11) is 0. The number of aliphatic carboxylic acids is 1. The number of hydrogen-bond donors (Lipinski definition) is 3. The highest BCUT2D eigenvalue weighted by Crippen LogP contribution is 2.04. The second-order valence-electron chi connectivity index (χ2n) is 4.51. The van der Waals surface area contributed by atoms with Crippen LogP contribution in [0.25, 0.3) is 0 Å². The molecular weight excluding hydrogens is 262 g/mol. The van der Waals surface area contributed by atoms with E-state index < -0.39 is 17.9 Å². The van der Waals surface area contributed by atoms with Crippen LogP contribution in [-0.4, -0.2) is 38.8 Å². The van der Waals surface area contributed by atoms with Gasteiger partial charge in [0.05, 0.1) is 18.8 Å². The second kappa shape index (κ2) is 8.08. The molecule has 0 saturated heterocycles. The van der Waals surface area contributed by atoms with E-state index in [1.165, 1.54) is 6.33 Å². The molecule has 1 heterocycles. The minimum Gasteiger partial charge on any atom is -0.481 e. The van der Waals surface area contributed by atoms with Crippen LogP contribution in [0, 0.1) is 0 Å². The van der Waals surface area contributed by atoms with Crippen LogP contribution < -0.4 is 5.32 Å². The zero-order valence-corrected chi connectivity index (χ0v) is 11.4. The summed E-state index contributed by atoms with van der Waals surface area (Å²) in [6.45, 7) is 1.89. The third-order valence-corrected chi connectivity index (χ3v) is 2.77. The van der Waals surface area contributed by atoms with Crippen LogP contribution in [0.15, 0.2) is 12.5 Å². The van der Waals surface area contributed by atoms with Crippen molar-refractivity contribution in [3.63, 3.8) is 0 Å². The summed E-state index contributed by atoms with van der Waals surface area (Å²) in [5.41, 5.74) is 0.748. The standard InChI is InChI=1S/C13H19N3O4/c1-2-3-11(17)10(6-9-7-14-8-15-9)16-12(18)4-5-13(19)20/h7-8,10H,2-6H2,1H3,(H,14,15)(H,16,18)(H,19,20). The molecule has 0 aromatic carbocycles. The van der Waals surface area contributed by atoms with Crippen LogP contribution in [0.5, 0.6) is 0 Å². The number of Topliss-reactive ketones (excluding diaryl/α,β-unsaturated/α-hetero) is 1. The fourth-order valence-corrected chi connectivity index (χ4v) is 1.77. The van der Waals surface area contributed by atoms with Gasteiger partial charge < -0.3 is 15.4 Å². The number of amides is 1. The fraction of sp³-hybridized carbons (Fsp3) is 0.538. The molecule has 110 valence electrons. The van der Waals surface area contributed by atoms with Crippen molar-refractivity contribution in [1.29, 1.82) is 0 Å². The van der Waals surface area contributed by atoms with Gasteiger partial charge in [0.15, 0.2) is 5.78 Å². The molecule has 1 unspecified atom stereocenters. The first-order valence-corrected chi connectivity index (χ1v) is 6.54. The zero-order valence-electron chi connectivity index (χ0n) is 11.4. The number of nitrogens with one attached hydrogen (secondary N) is 2. The van der Waals surface area contributed by atoms with Crippen LogP contribution in [-0.2, 0) is 20.8 Å². The van der Waals surface area contributed by atoms with Gasteiger partial charge in [-0.3, -0.25) is 14.4 Å². The molecular formula is C13H19N3O4. The van der Waals surface area contributed by atoms with Gasteiger partial charge in [-0.2, -0.15) is 0 Å². The molecule has 0 aliphatic heterocycles. The van der Waals surface area contributed by atoms with Gasteiger partial charge in [-0.05, 0) is 6.42 Å². The van der Waals surface area contributed by atoms with E-state index in [0.717, 1.165) is 5.69 Å². The molecule has 7 heteroatoms. The van der Waals surface area contributed by atoms with Crippen LogP contribution >= 0.6 is 0 Å². The number of carboxylic acid groups (broad SMARTS) is 1. The normalized spacial score (nSPS) is 11.8. The SMILES string of the molecule is CCCC(=O)C(Cc1cnc[nH]1)NC(=O)CCC(=O)O. The molecule has 0 saturated carbocycles. The van der Waals surface area contributed by atoms with Crippen molar-refractivity contribution in [2.45, 2.75) is 45.1 Å². The van der Waals surface area contributed by atoms with Crippen LogP contribution in [0.1, 0.15) is 38.3 Å². The smallest absolute Gasteiger partial charge is 0.303 e. The van der Waals surface area contributed by atoms with E-state index in [-0.39, 0.29) is 18.6 Å². The maximum absolute atomic E-state index is 12.0. The minimum absolute atomic E-state index is 0.0641. The lowest BCUT2D eigenvalue weighted by Gasteiger charge is -2.16. The average Bonchev–Trinajstić information content (AvgIpc) is 2.89. The largest absolute Gasteiger partial charge is 0.481 e. The van der Waals surface area contributed by atoms with Gasteiger partial charge in [-0.15, -0.1) is 0 Å². The van der Waals surface area contributed by atoms with Crippen LogP contribution in [0.4, 0.5) is 0 Å². The lowest BCUT2D eigenvalue weighted by molar-refractivity contribution is -0.139. The summed E-state index contributed by atoms with van der Waals surface area (Å²) in [6.07, 6.45) is 4.12. The zero-order chi connectivity index (χ0) is 15.0. The van der Waals surface area contributed by atoms with Crippen molar-refractivity contribution in [2.24, 2.45) is 0 Å². The lowest BCUT2D eigenvalue weighted by atomic mass is 10.0. The molecule has 0 bridgehead atoms. The first-order chi connectivity index (χ1) is 9.52. The lowest BCUT2D eigenvalue weighted by Crippen LogP contribution is -2.42. The van der Waals surface area contributed by atoms with Crippen molar-refractivity contribution in [1.82, 2.24) is 15.3 Å². The van der Waals surface area contributed by atoms with Crippen molar-refractivity contribution >= 4 is 17.7 Å². The Bertz CT molecular complexity index is 456. The Labute approximate surface area is 116 Å². The average molecular weight is 281 g/mol. The van der Waals surface area contributed by atoms with E-state index in [2.05, 4.69) is 15.3 Å². The molecule has 1 aromatic heterocycles. The summed E-state index contributed by atoms with van der Waals surface area (Å²) in [4.78, 5) is 40.8. The van der Waals surface area contributed by atoms with E-state index in [1.807, 2.05) is 6.92 Å². The first-order valence-electron chi connectivity index (χ1n) is 6.54. The van der Waals surface area contributed by atoms with Gasteiger partial charge in [0.1, 0.15) is 0 Å². The molecule has 0 spiro atoms. The summed E-state index contributed by atoms with van der Waals surface area (Å²) < 4.78 is 0. The predicted octanol–water partition coefficient (Wildman–Crippen LogP) is 0.671. The maximum Gasteiger partial charge on any atom is 0.303 e. The van der Waals surface area contributed by atoms with Gasteiger partial charge in [0.25, 0.3) is 0 Å². The molecule has 1 amide bonds. The number of carboxylic acids is 1. The Hall–Kier alpha value is -2.18. The number of aromatic nitrogens is 2. The molecule has 20 heavy (non-hydrogen) atoms. The van der Waals surface area contributed by atoms with Crippen molar-refractivity contribution < 1.29 is 19.5 Å². The van der Waals surface area contributed by atoms with Gasteiger partial charge in [0.2, 0.25) is 5.91 Å². The first kappa shape index (κ1) is 15.9. The number of rotatable bonds is 9. The Morgan fingerprint density at radius 1 is 1.35 bits per heavy atom. The fourth-order valence-electron chi connectivity index (χ4n) is 1.77. The minimum atomic E-state index is -1.04. The van der Waals surface area contributed by atoms with Crippen molar-refractivity contribution in [2.75, 3.05) is 0 Å². The van der Waals surface area contributed by atoms with Gasteiger partial charge >= 0.3 is 5.97 Å². The summed E-state index contributed by atoms with van der Waals surface area (Å²) in [6, 6.07) is -0.642. The number of ketones is 1. The number of aromatic amines is 1. The number of hydrogen-bond acceptors (Lipinski definition) is 4. The number of carbonyl (C=O) groups excluding carboxylic acids is 2. The highest BCUT2D eigenvalue weighted by molar-refractivity contribution is 5.90. The Morgan fingerprint density at radius 2 is 2.10 bits per heavy atom. The quantitative estimate of drug-likeness (QED) is 0.616. The molecule has 0 aliphatic carbocycles. The van der Waals surface area contributed by atoms with Crippen molar-refractivity contribution in [3.05, 3.63) is 18.2 Å². The molecule has 0 radical (unpaired) electrons. The molecule has 0 fully saturated rings. The monoisotopic (exact) mass is 281 g/mol. The van der Waals surface area contributed by atoms with E-state index in [1.54, 1.807) is 6.20 Å². The molecule has 3 N–H and O–H groups in total. The number of H-pyrrole nitrogens is 1. The van der Waals surface area contributed by atoms with E-state index in [0.29, 0.717) is 19.3 Å². The van der Waals surface area contributed by atoms with E-state index in [4.69, 9.17) is 5.11 Å². The number of nitrogens with zero attached hydrogens (tertiary/aromatic N) is 1. The topological polar surface area (TPSA) is 112 Å². The molecule has 1 rings (SSSR count). The Morgan fingerprint density at radius 3 is 2.65 bits per heavy atom. The van der Waals surface area contributed by atoms with E-state index >= 15 is 0 Å². The van der Waals surface area contributed by atoms with Gasteiger partial charge in [-0.25, -0.2) is 4.98 Å². The summed E-state index contributed by atoms with van der Waals surface area (Å²) >= 11 is 0. The second-order valence-corrected chi connectivity index (χ2v) is 4.51. The number of imidazole rings is 1. The van der Waals surface area contributed by atoms with Crippen molar-refractivity contribution in [3.8, 4) is 0 Å². The van der Waals surface area contributed by atoms with Crippen LogP contribution in [0.3, 0.4) is 0 Å². The maximum atomic E-state index is 12.0. The molecule has 1 atom stereocenters. The Kier molecular flexibility index (Phi) is 6.42. The van der Waals surface area contributed by atoms with Crippen LogP contribution in [0.2, 0.25) is 0 Å². The third-order valence-electron chi connectivity index (χ3n) is 2.77. The highest BCUT2D eigenvalue weighted by atomic mass is 16.4. The predicted molar refractivity (Wildman–Crippen MR) is 71.0 cm³/mol. The molecule has 0 aliphatic rings. The van der Waals surface area contributed by atoms with E-state index in [9.17, 15) is 14.4 Å². The third kappa shape index (κ3) is 5.64. The highest BCUT2D eigenvalue weighted by Gasteiger charge is 2.21. The summed E-state index contributed by atoms with van der Waals surface area (Å²) in [5.74, 6) is -1.53. The molecule has 7 nitrogen and oxygen atoms in total. The number of carbonyl (C=O) groups is 3. The summed E-state index contributed by atoms with van der Waals surface area (Å²) in [5, 5.41) is 11.1. The molecule has 1 aromatic rings.